The first-order chi connectivity index (χ1) is 4.17. The van der Waals surface area contributed by atoms with Crippen LogP contribution >= 0.6 is 0 Å². The first-order valence-corrected chi connectivity index (χ1v) is 4.17. The summed E-state index contributed by atoms with van der Waals surface area (Å²) in [6.07, 6.45) is 3.05. The largest absolute Gasteiger partial charge is 0.0622 e. The van der Waals surface area contributed by atoms with Crippen LogP contribution in [0.1, 0.15) is 33.6 Å². The summed E-state index contributed by atoms with van der Waals surface area (Å²) in [6.45, 7) is 7.22. The number of hydrogen-bond donors (Lipinski definition) is 0. The van der Waals surface area contributed by atoms with Crippen LogP contribution < -0.4 is 0 Å². The highest BCUT2D eigenvalue weighted by Crippen LogP contribution is 2.73. The second-order valence-corrected chi connectivity index (χ2v) is 4.31. The molecule has 2 aliphatic rings. The van der Waals surface area contributed by atoms with Crippen molar-refractivity contribution in [1.82, 2.24) is 0 Å². The van der Waals surface area contributed by atoms with Crippen molar-refractivity contribution in [3.8, 4) is 0 Å². The fraction of sp³-hybridized carbons (Fsp3) is 1.00. The maximum atomic E-state index is 2.47. The van der Waals surface area contributed by atoms with Gasteiger partial charge in [-0.2, -0.15) is 0 Å². The Morgan fingerprint density at radius 2 is 1.67 bits per heavy atom. The summed E-state index contributed by atoms with van der Waals surface area (Å²) >= 11 is 0. The molecule has 2 fully saturated rings. The summed E-state index contributed by atoms with van der Waals surface area (Å²) < 4.78 is 0. The predicted molar refractivity (Wildman–Crippen MR) is 39.2 cm³/mol. The Labute approximate surface area is 57.6 Å². The summed E-state index contributed by atoms with van der Waals surface area (Å²) in [5.41, 5.74) is 0.778. The zero-order valence-electron chi connectivity index (χ0n) is 6.65. The molecule has 0 aromatic rings. The molecule has 0 saturated heterocycles. The molecule has 0 spiro atoms. The van der Waals surface area contributed by atoms with E-state index in [1.165, 1.54) is 12.8 Å². The number of fused-ring (bicyclic) bond motifs is 1. The van der Waals surface area contributed by atoms with Gasteiger partial charge in [-0.05, 0) is 36.0 Å². The van der Waals surface area contributed by atoms with E-state index in [1.54, 1.807) is 0 Å². The van der Waals surface area contributed by atoms with Crippen molar-refractivity contribution in [2.45, 2.75) is 33.6 Å². The van der Waals surface area contributed by atoms with Crippen molar-refractivity contribution in [1.29, 1.82) is 0 Å². The van der Waals surface area contributed by atoms with Crippen molar-refractivity contribution >= 4 is 0 Å². The molecule has 0 N–H and O–H groups in total. The molecule has 0 nitrogen and oxygen atoms in total. The first-order valence-electron chi connectivity index (χ1n) is 4.17. The van der Waals surface area contributed by atoms with E-state index in [1.807, 2.05) is 0 Å². The molecule has 2 rings (SSSR count). The van der Waals surface area contributed by atoms with E-state index in [0.717, 1.165) is 23.2 Å². The highest BCUT2D eigenvalue weighted by molar-refractivity contribution is 5.15. The third-order valence-electron chi connectivity index (χ3n) is 4.01. The van der Waals surface area contributed by atoms with Gasteiger partial charge >= 0.3 is 0 Å². The van der Waals surface area contributed by atoms with Gasteiger partial charge < -0.3 is 0 Å². The Kier molecular flexibility index (Phi) is 0.868. The van der Waals surface area contributed by atoms with Gasteiger partial charge in [0.2, 0.25) is 0 Å². The number of rotatable bonds is 1. The minimum atomic E-state index is 0.778. The average molecular weight is 124 g/mol. The third kappa shape index (κ3) is 0.461. The van der Waals surface area contributed by atoms with Gasteiger partial charge in [0.25, 0.3) is 0 Å². The van der Waals surface area contributed by atoms with Gasteiger partial charge in [-0.3, -0.25) is 0 Å². The second-order valence-electron chi connectivity index (χ2n) is 4.31. The molecule has 0 aliphatic heterocycles. The monoisotopic (exact) mass is 124 g/mol. The van der Waals surface area contributed by atoms with E-state index in [-0.39, 0.29) is 0 Å². The molecular formula is C9H16. The minimum Gasteiger partial charge on any atom is -0.0622 e. The summed E-state index contributed by atoms with van der Waals surface area (Å²) in [5.74, 6) is 3.20. The molecule has 0 aromatic carbocycles. The molecule has 52 valence electrons. The lowest BCUT2D eigenvalue weighted by Crippen LogP contribution is -2.05. The van der Waals surface area contributed by atoms with E-state index in [2.05, 4.69) is 20.8 Å². The molecule has 0 aromatic heterocycles. The summed E-state index contributed by atoms with van der Waals surface area (Å²) in [5, 5.41) is 0. The highest BCUT2D eigenvalue weighted by Gasteiger charge is 2.66. The van der Waals surface area contributed by atoms with Crippen molar-refractivity contribution in [2.24, 2.45) is 23.2 Å². The lowest BCUT2D eigenvalue weighted by molar-refractivity contribution is 0.362. The smallest absolute Gasteiger partial charge is 0.0240 e. The van der Waals surface area contributed by atoms with Crippen LogP contribution in [0.2, 0.25) is 0 Å². The molecule has 0 radical (unpaired) electrons. The van der Waals surface area contributed by atoms with Gasteiger partial charge in [-0.1, -0.05) is 20.8 Å². The Morgan fingerprint density at radius 3 is 1.78 bits per heavy atom. The third-order valence-corrected chi connectivity index (χ3v) is 4.01. The Morgan fingerprint density at radius 1 is 1.22 bits per heavy atom. The average Bonchev–Trinajstić information content (AvgIpc) is 1.99. The van der Waals surface area contributed by atoms with Crippen LogP contribution in [-0.4, -0.2) is 0 Å². The van der Waals surface area contributed by atoms with Gasteiger partial charge in [0.15, 0.2) is 0 Å². The van der Waals surface area contributed by atoms with Crippen molar-refractivity contribution in [3.63, 3.8) is 0 Å². The summed E-state index contributed by atoms with van der Waals surface area (Å²) in [4.78, 5) is 0. The van der Waals surface area contributed by atoms with Gasteiger partial charge in [0.05, 0.1) is 0 Å². The standard InChI is InChI=1S/C9H16/c1-6(2)9(3)7-4-5-8(7)9/h6-8H,4-5H2,1-3H3. The van der Waals surface area contributed by atoms with Crippen molar-refractivity contribution in [2.75, 3.05) is 0 Å². The van der Waals surface area contributed by atoms with Crippen molar-refractivity contribution < 1.29 is 0 Å². The fourth-order valence-corrected chi connectivity index (χ4v) is 2.70. The number of hydrogen-bond acceptors (Lipinski definition) is 0. The second kappa shape index (κ2) is 1.36. The molecule has 2 saturated carbocycles. The topological polar surface area (TPSA) is 0 Å². The molecule has 0 heteroatoms. The quantitative estimate of drug-likeness (QED) is 0.504. The predicted octanol–water partition coefficient (Wildman–Crippen LogP) is 2.69. The summed E-state index contributed by atoms with van der Waals surface area (Å²) in [6, 6.07) is 0. The summed E-state index contributed by atoms with van der Waals surface area (Å²) in [7, 11) is 0. The van der Waals surface area contributed by atoms with Crippen LogP contribution in [0.15, 0.2) is 0 Å². The van der Waals surface area contributed by atoms with Crippen LogP contribution in [0.3, 0.4) is 0 Å². The molecule has 2 atom stereocenters. The van der Waals surface area contributed by atoms with Crippen LogP contribution in [0, 0.1) is 23.2 Å². The Hall–Kier alpha value is 0. The lowest BCUT2D eigenvalue weighted by Gasteiger charge is -2.13. The normalized spacial score (nSPS) is 54.7. The molecule has 2 unspecified atom stereocenters. The lowest BCUT2D eigenvalue weighted by atomic mass is 9.92. The van der Waals surface area contributed by atoms with Crippen molar-refractivity contribution in [3.05, 3.63) is 0 Å². The van der Waals surface area contributed by atoms with Gasteiger partial charge in [-0.15, -0.1) is 0 Å². The van der Waals surface area contributed by atoms with Crippen LogP contribution in [0.4, 0.5) is 0 Å². The van der Waals surface area contributed by atoms with Gasteiger partial charge in [0, 0.05) is 0 Å². The van der Waals surface area contributed by atoms with E-state index >= 15 is 0 Å². The molecular weight excluding hydrogens is 108 g/mol. The SMILES string of the molecule is CC(C)C1(C)C2CCC21. The van der Waals surface area contributed by atoms with E-state index in [4.69, 9.17) is 0 Å². The zero-order chi connectivity index (χ0) is 6.65. The first kappa shape index (κ1) is 5.76. The van der Waals surface area contributed by atoms with Gasteiger partial charge in [0.1, 0.15) is 0 Å². The molecule has 2 aliphatic carbocycles. The molecule has 0 bridgehead atoms. The fourth-order valence-electron chi connectivity index (χ4n) is 2.70. The van der Waals surface area contributed by atoms with E-state index < -0.39 is 0 Å². The van der Waals surface area contributed by atoms with Crippen LogP contribution in [0.25, 0.3) is 0 Å². The zero-order valence-corrected chi connectivity index (χ0v) is 6.65. The van der Waals surface area contributed by atoms with Gasteiger partial charge in [-0.25, -0.2) is 0 Å². The van der Waals surface area contributed by atoms with Crippen LogP contribution in [0.5, 0.6) is 0 Å². The molecule has 0 heterocycles. The minimum absolute atomic E-state index is 0.778. The molecule has 0 amide bonds. The Balaban J connectivity index is 2.11. The maximum Gasteiger partial charge on any atom is -0.0240 e. The maximum absolute atomic E-state index is 2.47. The van der Waals surface area contributed by atoms with E-state index in [9.17, 15) is 0 Å². The molecule has 9 heavy (non-hydrogen) atoms. The highest BCUT2D eigenvalue weighted by atomic mass is 14.7. The Bertz CT molecular complexity index is 119. The van der Waals surface area contributed by atoms with E-state index in [0.29, 0.717) is 0 Å². The van der Waals surface area contributed by atoms with Crippen LogP contribution in [-0.2, 0) is 0 Å².